The predicted molar refractivity (Wildman–Crippen MR) is 108 cm³/mol. The molecule has 6 heteroatoms. The third kappa shape index (κ3) is 3.45. The van der Waals surface area contributed by atoms with Crippen LogP contribution < -0.4 is 15.4 Å². The second kappa shape index (κ2) is 7.31. The Balaban J connectivity index is 1.58. The van der Waals surface area contributed by atoms with E-state index in [2.05, 4.69) is 18.1 Å². The van der Waals surface area contributed by atoms with Gasteiger partial charge in [-0.15, -0.1) is 0 Å². The van der Waals surface area contributed by atoms with Crippen LogP contribution in [0.3, 0.4) is 0 Å². The first kappa shape index (κ1) is 17.4. The molecule has 0 unspecified atom stereocenters. The highest BCUT2D eigenvalue weighted by molar-refractivity contribution is 7.71. The average molecular weight is 371 g/mol. The summed E-state index contributed by atoms with van der Waals surface area (Å²) in [4.78, 5) is 19.5. The maximum atomic E-state index is 13.0. The molecule has 2 aromatic carbocycles. The van der Waals surface area contributed by atoms with E-state index in [-0.39, 0.29) is 5.56 Å². The predicted octanol–water partition coefficient (Wildman–Crippen LogP) is 0.0156. The zero-order valence-electron chi connectivity index (χ0n) is 15.2. The summed E-state index contributed by atoms with van der Waals surface area (Å²) in [6.45, 7) is 6.69. The van der Waals surface area contributed by atoms with Crippen molar-refractivity contribution in [1.82, 2.24) is 9.55 Å². The number of H-pyrrole nitrogens is 1. The van der Waals surface area contributed by atoms with Gasteiger partial charge in [0.25, 0.3) is 5.56 Å². The van der Waals surface area contributed by atoms with Gasteiger partial charge in [0, 0.05) is 13.0 Å². The van der Waals surface area contributed by atoms with Gasteiger partial charge in [0.2, 0.25) is 0 Å². The van der Waals surface area contributed by atoms with Gasteiger partial charge < -0.3 is 14.8 Å². The second-order valence-electron chi connectivity index (χ2n) is 7.44. The van der Waals surface area contributed by atoms with Crippen molar-refractivity contribution in [3.05, 3.63) is 51.5 Å². The van der Waals surface area contributed by atoms with Crippen molar-refractivity contribution < 1.29 is 9.80 Å². The Hall–Kier alpha value is -2.02. The molecule has 3 N–H and O–H groups in total. The molecule has 1 saturated heterocycles. The fourth-order valence-corrected chi connectivity index (χ4v) is 4.20. The van der Waals surface area contributed by atoms with Crippen LogP contribution in [0.4, 0.5) is 0 Å². The van der Waals surface area contributed by atoms with E-state index in [9.17, 15) is 4.79 Å². The zero-order chi connectivity index (χ0) is 18.1. The maximum Gasteiger partial charge on any atom is 0.262 e. The molecule has 3 aromatic rings. The van der Waals surface area contributed by atoms with Gasteiger partial charge in [-0.2, -0.15) is 0 Å². The standard InChI is InChI=1S/C20H24N4OS/c1-22-9-11-23(12-10-22)7-4-8-24-19(25)17-13-15-5-2-3-6-16(15)14-18(17)21-20(24)26/h2-3,5-6,13-14H,4,7-12H2,1H3,(H,21,26)/p+2. The molecule has 1 fully saturated rings. The monoisotopic (exact) mass is 370 g/mol. The SMILES string of the molecule is C[NH+]1CC[NH+](CCCn2c(=S)[nH]c3cc4ccccc4cc3c2=O)CC1. The molecule has 4 rings (SSSR count). The molecule has 1 aliphatic heterocycles. The number of fused-ring (bicyclic) bond motifs is 2. The van der Waals surface area contributed by atoms with Crippen molar-refractivity contribution in [1.29, 1.82) is 0 Å². The van der Waals surface area contributed by atoms with E-state index < -0.39 is 0 Å². The minimum absolute atomic E-state index is 0.0207. The van der Waals surface area contributed by atoms with Gasteiger partial charge in [-0.25, -0.2) is 0 Å². The summed E-state index contributed by atoms with van der Waals surface area (Å²) in [6.07, 6.45) is 0.977. The van der Waals surface area contributed by atoms with Crippen LogP contribution in [0.1, 0.15) is 6.42 Å². The molecule has 0 atom stereocenters. The summed E-state index contributed by atoms with van der Waals surface area (Å²) in [5.74, 6) is 0. The average Bonchev–Trinajstić information content (AvgIpc) is 2.65. The molecule has 5 nitrogen and oxygen atoms in total. The number of nitrogens with one attached hydrogen (secondary N) is 3. The van der Waals surface area contributed by atoms with Crippen molar-refractivity contribution in [2.24, 2.45) is 0 Å². The zero-order valence-corrected chi connectivity index (χ0v) is 16.0. The summed E-state index contributed by atoms with van der Waals surface area (Å²) < 4.78 is 2.25. The van der Waals surface area contributed by atoms with Crippen LogP contribution in [0.5, 0.6) is 0 Å². The Kier molecular flexibility index (Phi) is 4.89. The summed E-state index contributed by atoms with van der Waals surface area (Å²) in [6, 6.07) is 12.1. The molecule has 136 valence electrons. The van der Waals surface area contributed by atoms with Gasteiger partial charge >= 0.3 is 0 Å². The highest BCUT2D eigenvalue weighted by Gasteiger charge is 2.19. The topological polar surface area (TPSA) is 46.7 Å². The summed E-state index contributed by atoms with van der Waals surface area (Å²) in [5.41, 5.74) is 0.843. The Morgan fingerprint density at radius 3 is 2.54 bits per heavy atom. The molecule has 1 aromatic heterocycles. The lowest BCUT2D eigenvalue weighted by atomic mass is 10.1. The first-order chi connectivity index (χ1) is 12.6. The number of benzene rings is 2. The van der Waals surface area contributed by atoms with Crippen LogP contribution in [0.25, 0.3) is 21.7 Å². The van der Waals surface area contributed by atoms with Crippen molar-refractivity contribution in [2.45, 2.75) is 13.0 Å². The van der Waals surface area contributed by atoms with E-state index in [0.29, 0.717) is 16.7 Å². The third-order valence-electron chi connectivity index (χ3n) is 5.57. The van der Waals surface area contributed by atoms with Gasteiger partial charge in [0.1, 0.15) is 26.2 Å². The number of hydrogen-bond acceptors (Lipinski definition) is 2. The lowest BCUT2D eigenvalue weighted by molar-refractivity contribution is -1.00. The number of likely N-dealkylation sites (N-methyl/N-ethyl adjacent to an activating group) is 1. The van der Waals surface area contributed by atoms with E-state index in [1.54, 1.807) is 14.4 Å². The smallest absolute Gasteiger partial charge is 0.262 e. The Morgan fingerprint density at radius 1 is 1.12 bits per heavy atom. The largest absolute Gasteiger partial charge is 0.332 e. The quantitative estimate of drug-likeness (QED) is 0.448. The lowest BCUT2D eigenvalue weighted by Crippen LogP contribution is -3.27. The van der Waals surface area contributed by atoms with Crippen LogP contribution in [-0.4, -0.2) is 49.3 Å². The molecular weight excluding hydrogens is 344 g/mol. The van der Waals surface area contributed by atoms with Gasteiger partial charge in [0.05, 0.1) is 24.5 Å². The number of hydrogen-bond donors (Lipinski definition) is 3. The Bertz CT molecular complexity index is 1050. The number of rotatable bonds is 4. The molecule has 2 heterocycles. The van der Waals surface area contributed by atoms with Crippen LogP contribution >= 0.6 is 12.2 Å². The van der Waals surface area contributed by atoms with Crippen molar-refractivity contribution in [3.8, 4) is 0 Å². The number of aromatic amines is 1. The van der Waals surface area contributed by atoms with Crippen LogP contribution in [-0.2, 0) is 6.54 Å². The molecule has 0 amide bonds. The molecule has 0 aliphatic carbocycles. The molecule has 0 bridgehead atoms. The highest BCUT2D eigenvalue weighted by atomic mass is 32.1. The van der Waals surface area contributed by atoms with Gasteiger partial charge in [-0.1, -0.05) is 24.3 Å². The molecule has 0 radical (unpaired) electrons. The first-order valence-electron chi connectivity index (χ1n) is 9.42. The normalized spacial score (nSPS) is 20.7. The number of piperazine rings is 1. The molecule has 0 saturated carbocycles. The van der Waals surface area contributed by atoms with E-state index in [1.807, 2.05) is 30.3 Å². The van der Waals surface area contributed by atoms with Crippen molar-refractivity contribution >= 4 is 33.9 Å². The maximum absolute atomic E-state index is 13.0. The second-order valence-corrected chi connectivity index (χ2v) is 7.83. The van der Waals surface area contributed by atoms with Gasteiger partial charge in [0.15, 0.2) is 4.77 Å². The fraction of sp³-hybridized carbons (Fsp3) is 0.400. The van der Waals surface area contributed by atoms with Gasteiger partial charge in [-0.3, -0.25) is 9.36 Å². The molecule has 0 spiro atoms. The van der Waals surface area contributed by atoms with E-state index in [0.717, 1.165) is 29.3 Å². The summed E-state index contributed by atoms with van der Waals surface area (Å²) in [7, 11) is 2.26. The Labute approximate surface area is 157 Å². The van der Waals surface area contributed by atoms with E-state index >= 15 is 0 Å². The Morgan fingerprint density at radius 2 is 1.81 bits per heavy atom. The number of aromatic nitrogens is 2. The molecule has 26 heavy (non-hydrogen) atoms. The first-order valence-corrected chi connectivity index (χ1v) is 9.83. The van der Waals surface area contributed by atoms with Crippen LogP contribution in [0.2, 0.25) is 0 Å². The molecule has 1 aliphatic rings. The highest BCUT2D eigenvalue weighted by Crippen LogP contribution is 2.19. The van der Waals surface area contributed by atoms with E-state index in [1.165, 1.54) is 26.2 Å². The lowest BCUT2D eigenvalue weighted by Gasteiger charge is -2.27. The summed E-state index contributed by atoms with van der Waals surface area (Å²) in [5, 5.41) is 2.91. The third-order valence-corrected chi connectivity index (χ3v) is 5.89. The number of quaternary nitrogens is 2. The summed E-state index contributed by atoms with van der Waals surface area (Å²) >= 11 is 5.47. The van der Waals surface area contributed by atoms with Crippen LogP contribution in [0.15, 0.2) is 41.2 Å². The molecular formula is C20H26N4OS+2. The fourth-order valence-electron chi connectivity index (χ4n) is 3.91. The van der Waals surface area contributed by atoms with Gasteiger partial charge in [-0.05, 0) is 35.1 Å². The van der Waals surface area contributed by atoms with Crippen LogP contribution in [0, 0.1) is 4.77 Å². The minimum atomic E-state index is 0.0207. The minimum Gasteiger partial charge on any atom is -0.332 e. The number of nitrogens with zero attached hydrogens (tertiary/aromatic N) is 1. The van der Waals surface area contributed by atoms with Crippen molar-refractivity contribution in [3.63, 3.8) is 0 Å². The van der Waals surface area contributed by atoms with E-state index in [4.69, 9.17) is 12.2 Å². The van der Waals surface area contributed by atoms with Crippen molar-refractivity contribution in [2.75, 3.05) is 39.8 Å².